The average molecular weight is 334 g/mol. The highest BCUT2D eigenvalue weighted by molar-refractivity contribution is 6.30. The number of benzene rings is 1. The number of likely N-dealkylation sites (tertiary alicyclic amines) is 1. The minimum atomic E-state index is -0.413. The third kappa shape index (κ3) is 3.26. The van der Waals surface area contributed by atoms with Crippen molar-refractivity contribution in [3.8, 4) is 0 Å². The van der Waals surface area contributed by atoms with E-state index in [1.54, 1.807) is 4.90 Å². The summed E-state index contributed by atoms with van der Waals surface area (Å²) in [5, 5.41) is 14.8. The number of aromatic nitrogens is 2. The number of amides is 1. The van der Waals surface area contributed by atoms with Gasteiger partial charge in [0.2, 0.25) is 0 Å². The summed E-state index contributed by atoms with van der Waals surface area (Å²) < 4.78 is 1.85. The first-order valence-electron chi connectivity index (χ1n) is 7.71. The summed E-state index contributed by atoms with van der Waals surface area (Å²) in [6, 6.07) is 7.61. The molecule has 122 valence electrons. The Morgan fingerprint density at radius 1 is 1.35 bits per heavy atom. The number of halogens is 1. The molecule has 0 spiro atoms. The van der Waals surface area contributed by atoms with Gasteiger partial charge in [0.05, 0.1) is 23.9 Å². The van der Waals surface area contributed by atoms with E-state index in [0.717, 1.165) is 17.0 Å². The summed E-state index contributed by atoms with van der Waals surface area (Å²) in [5.41, 5.74) is 3.30. The molecule has 0 bridgehead atoms. The number of nitrogens with zero attached hydrogens (tertiary/aromatic N) is 3. The SMILES string of the molecule is Cc1nn(Cc2ccc(Cl)cc2)c(C)c1C(=O)N1CC[C@H](O)C1. The number of carbonyl (C=O) groups excluding carboxylic acids is 1. The summed E-state index contributed by atoms with van der Waals surface area (Å²) >= 11 is 5.91. The molecule has 0 unspecified atom stereocenters. The van der Waals surface area contributed by atoms with E-state index in [-0.39, 0.29) is 5.91 Å². The molecule has 1 N–H and O–H groups in total. The topological polar surface area (TPSA) is 58.4 Å². The monoisotopic (exact) mass is 333 g/mol. The predicted molar refractivity (Wildman–Crippen MR) is 88.8 cm³/mol. The number of β-amino-alcohol motifs (C(OH)–C–C–N with tert-alkyl or cyclic N) is 1. The maximum Gasteiger partial charge on any atom is 0.257 e. The van der Waals surface area contributed by atoms with E-state index < -0.39 is 6.10 Å². The maximum atomic E-state index is 12.7. The van der Waals surface area contributed by atoms with E-state index in [0.29, 0.717) is 36.6 Å². The van der Waals surface area contributed by atoms with Gasteiger partial charge in [-0.3, -0.25) is 9.48 Å². The van der Waals surface area contributed by atoms with E-state index >= 15 is 0 Å². The zero-order valence-corrected chi connectivity index (χ0v) is 14.0. The van der Waals surface area contributed by atoms with E-state index in [4.69, 9.17) is 11.6 Å². The zero-order valence-electron chi connectivity index (χ0n) is 13.3. The first-order valence-corrected chi connectivity index (χ1v) is 8.09. The van der Waals surface area contributed by atoms with Gasteiger partial charge in [0.1, 0.15) is 0 Å². The van der Waals surface area contributed by atoms with Crippen LogP contribution in [0.5, 0.6) is 0 Å². The number of hydrogen-bond acceptors (Lipinski definition) is 3. The molecule has 1 aromatic carbocycles. The lowest BCUT2D eigenvalue weighted by atomic mass is 10.1. The maximum absolute atomic E-state index is 12.7. The fourth-order valence-corrected chi connectivity index (χ4v) is 3.13. The number of hydrogen-bond donors (Lipinski definition) is 1. The van der Waals surface area contributed by atoms with E-state index in [1.165, 1.54) is 0 Å². The molecule has 1 saturated heterocycles. The second-order valence-corrected chi connectivity index (χ2v) is 6.46. The molecule has 23 heavy (non-hydrogen) atoms. The Bertz CT molecular complexity index is 724. The van der Waals surface area contributed by atoms with Crippen molar-refractivity contribution in [3.63, 3.8) is 0 Å². The van der Waals surface area contributed by atoms with Crippen LogP contribution in [0.1, 0.15) is 33.7 Å². The molecule has 1 aliphatic heterocycles. The third-order valence-corrected chi connectivity index (χ3v) is 4.54. The van der Waals surface area contributed by atoms with Crippen LogP contribution in [0.15, 0.2) is 24.3 Å². The van der Waals surface area contributed by atoms with E-state index in [2.05, 4.69) is 5.10 Å². The Kier molecular flexibility index (Phi) is 4.41. The Hall–Kier alpha value is -1.85. The lowest BCUT2D eigenvalue weighted by Crippen LogP contribution is -2.30. The van der Waals surface area contributed by atoms with E-state index in [1.807, 2.05) is 42.8 Å². The molecule has 5 nitrogen and oxygen atoms in total. The first kappa shape index (κ1) is 16.0. The lowest BCUT2D eigenvalue weighted by molar-refractivity contribution is 0.0763. The standard InChI is InChI=1S/C17H20ClN3O2/c1-11-16(17(23)20-8-7-15(22)10-20)12(2)21(19-11)9-13-3-5-14(18)6-4-13/h3-6,15,22H,7-10H2,1-2H3/t15-/m0/s1. The van der Waals surface area contributed by atoms with Crippen molar-refractivity contribution in [2.45, 2.75) is 32.9 Å². The molecule has 1 amide bonds. The molecule has 1 aromatic heterocycles. The molecular weight excluding hydrogens is 314 g/mol. The van der Waals surface area contributed by atoms with Crippen LogP contribution in [0.25, 0.3) is 0 Å². The summed E-state index contributed by atoms with van der Waals surface area (Å²) in [4.78, 5) is 14.4. The van der Waals surface area contributed by atoms with Crippen LogP contribution in [0.3, 0.4) is 0 Å². The van der Waals surface area contributed by atoms with Crippen LogP contribution in [-0.4, -0.2) is 44.9 Å². The molecular formula is C17H20ClN3O2. The number of aliphatic hydroxyl groups is 1. The Morgan fingerprint density at radius 2 is 2.04 bits per heavy atom. The van der Waals surface area contributed by atoms with Crippen LogP contribution in [0, 0.1) is 13.8 Å². The van der Waals surface area contributed by atoms with Crippen LogP contribution >= 0.6 is 11.6 Å². The average Bonchev–Trinajstić information content (AvgIpc) is 3.05. The van der Waals surface area contributed by atoms with Gasteiger partial charge in [-0.25, -0.2) is 0 Å². The van der Waals surface area contributed by atoms with Gasteiger partial charge in [-0.15, -0.1) is 0 Å². The largest absolute Gasteiger partial charge is 0.391 e. The molecule has 2 aromatic rings. The molecule has 2 heterocycles. The van der Waals surface area contributed by atoms with Gasteiger partial charge in [0.25, 0.3) is 5.91 Å². The summed E-state index contributed by atoms with van der Waals surface area (Å²) in [6.45, 7) is 5.36. The molecule has 1 aliphatic rings. The van der Waals surface area contributed by atoms with Crippen LogP contribution in [0.4, 0.5) is 0 Å². The first-order chi connectivity index (χ1) is 11.0. The quantitative estimate of drug-likeness (QED) is 0.938. The highest BCUT2D eigenvalue weighted by Gasteiger charge is 2.29. The second-order valence-electron chi connectivity index (χ2n) is 6.02. The fourth-order valence-electron chi connectivity index (χ4n) is 3.01. The van der Waals surface area contributed by atoms with Crippen molar-refractivity contribution in [1.82, 2.24) is 14.7 Å². The van der Waals surface area contributed by atoms with Crippen molar-refractivity contribution >= 4 is 17.5 Å². The van der Waals surface area contributed by atoms with Gasteiger partial charge in [-0.2, -0.15) is 5.10 Å². The predicted octanol–water partition coefficient (Wildman–Crippen LogP) is 2.41. The van der Waals surface area contributed by atoms with Gasteiger partial charge in [0, 0.05) is 23.8 Å². The lowest BCUT2D eigenvalue weighted by Gasteiger charge is -2.15. The normalized spacial score (nSPS) is 17.7. The summed E-state index contributed by atoms with van der Waals surface area (Å²) in [5.74, 6) is -0.0427. The minimum Gasteiger partial charge on any atom is -0.391 e. The van der Waals surface area contributed by atoms with Crippen LogP contribution in [-0.2, 0) is 6.54 Å². The smallest absolute Gasteiger partial charge is 0.257 e. The van der Waals surface area contributed by atoms with Crippen LogP contribution in [0.2, 0.25) is 5.02 Å². The molecule has 1 atom stereocenters. The van der Waals surface area contributed by atoms with Gasteiger partial charge in [-0.05, 0) is 38.0 Å². The van der Waals surface area contributed by atoms with Gasteiger partial charge < -0.3 is 10.0 Å². The Balaban J connectivity index is 1.84. The minimum absolute atomic E-state index is 0.0427. The second kappa shape index (κ2) is 6.34. The summed E-state index contributed by atoms with van der Waals surface area (Å²) in [7, 11) is 0. The van der Waals surface area contributed by atoms with Gasteiger partial charge >= 0.3 is 0 Å². The molecule has 3 rings (SSSR count). The van der Waals surface area contributed by atoms with Crippen LogP contribution < -0.4 is 0 Å². The van der Waals surface area contributed by atoms with Crippen molar-refractivity contribution in [3.05, 3.63) is 51.8 Å². The number of rotatable bonds is 3. The van der Waals surface area contributed by atoms with Gasteiger partial charge in [-0.1, -0.05) is 23.7 Å². The number of aryl methyl sites for hydroxylation is 1. The summed E-state index contributed by atoms with van der Waals surface area (Å²) in [6.07, 6.45) is 0.228. The number of aliphatic hydroxyl groups excluding tert-OH is 1. The molecule has 6 heteroatoms. The highest BCUT2D eigenvalue weighted by atomic mass is 35.5. The van der Waals surface area contributed by atoms with Crippen molar-refractivity contribution in [1.29, 1.82) is 0 Å². The van der Waals surface area contributed by atoms with Gasteiger partial charge in [0.15, 0.2) is 0 Å². The van der Waals surface area contributed by atoms with Crippen molar-refractivity contribution < 1.29 is 9.90 Å². The Morgan fingerprint density at radius 3 is 2.65 bits per heavy atom. The molecule has 0 aliphatic carbocycles. The third-order valence-electron chi connectivity index (χ3n) is 4.29. The highest BCUT2D eigenvalue weighted by Crippen LogP contribution is 2.20. The van der Waals surface area contributed by atoms with E-state index in [9.17, 15) is 9.90 Å². The van der Waals surface area contributed by atoms with Crippen molar-refractivity contribution in [2.75, 3.05) is 13.1 Å². The fraction of sp³-hybridized carbons (Fsp3) is 0.412. The zero-order chi connectivity index (χ0) is 16.6. The van der Waals surface area contributed by atoms with Crippen molar-refractivity contribution in [2.24, 2.45) is 0 Å². The Labute approximate surface area is 140 Å². The number of carbonyl (C=O) groups is 1. The molecule has 0 radical (unpaired) electrons. The molecule has 0 saturated carbocycles. The molecule has 1 fully saturated rings.